The topological polar surface area (TPSA) is 36.9 Å². The molecule has 15 heavy (non-hydrogen) atoms. The summed E-state index contributed by atoms with van der Waals surface area (Å²) in [7, 11) is 0. The number of rotatable bonds is 11. The van der Waals surface area contributed by atoms with Crippen molar-refractivity contribution in [3.05, 3.63) is 0 Å². The number of hydrogen-bond acceptors (Lipinski definition) is 4. The maximum absolute atomic E-state index is 5.47. The molecule has 0 N–H and O–H groups in total. The summed E-state index contributed by atoms with van der Waals surface area (Å²) in [6, 6.07) is 0. The van der Waals surface area contributed by atoms with Crippen LogP contribution in [0.25, 0.3) is 0 Å². The summed E-state index contributed by atoms with van der Waals surface area (Å²) >= 11 is 0. The summed E-state index contributed by atoms with van der Waals surface area (Å²) in [5.41, 5.74) is 0. The molecule has 0 rings (SSSR count). The van der Waals surface area contributed by atoms with Gasteiger partial charge in [-0.3, -0.25) is 0 Å². The Labute approximate surface area is 92.8 Å². The van der Waals surface area contributed by atoms with Crippen molar-refractivity contribution in [2.75, 3.05) is 39.6 Å². The van der Waals surface area contributed by atoms with Gasteiger partial charge in [-0.2, -0.15) is 0 Å². The van der Waals surface area contributed by atoms with Crippen molar-refractivity contribution in [2.24, 2.45) is 0 Å². The molecule has 0 aliphatic heterocycles. The Morgan fingerprint density at radius 3 is 1.53 bits per heavy atom. The molecule has 0 aromatic carbocycles. The highest BCUT2D eigenvalue weighted by atomic mass is 16.7. The Hall–Kier alpha value is -0.160. The summed E-state index contributed by atoms with van der Waals surface area (Å²) in [4.78, 5) is 0. The van der Waals surface area contributed by atoms with Gasteiger partial charge in [0, 0.05) is 13.2 Å². The van der Waals surface area contributed by atoms with Crippen LogP contribution in [0.15, 0.2) is 0 Å². The maximum Gasteiger partial charge on any atom is 0.157 e. The van der Waals surface area contributed by atoms with Crippen molar-refractivity contribution in [3.63, 3.8) is 0 Å². The van der Waals surface area contributed by atoms with Crippen LogP contribution >= 0.6 is 0 Å². The molecule has 0 radical (unpaired) electrons. The molecule has 0 saturated heterocycles. The molecule has 0 fully saturated rings. The minimum Gasteiger partial charge on any atom is -0.379 e. The third kappa shape index (κ3) is 10.1. The summed E-state index contributed by atoms with van der Waals surface area (Å²) < 4.78 is 21.3. The predicted octanol–water partition coefficient (Wildman–Crippen LogP) is 1.83. The van der Waals surface area contributed by atoms with Gasteiger partial charge in [-0.1, -0.05) is 6.92 Å². The zero-order valence-corrected chi connectivity index (χ0v) is 10.2. The van der Waals surface area contributed by atoms with E-state index in [0.29, 0.717) is 26.4 Å². The summed E-state index contributed by atoms with van der Waals surface area (Å²) in [6.45, 7) is 9.85. The van der Waals surface area contributed by atoms with Crippen LogP contribution < -0.4 is 0 Å². The van der Waals surface area contributed by atoms with Crippen LogP contribution in [0, 0.1) is 0 Å². The van der Waals surface area contributed by atoms with Crippen LogP contribution in [0.5, 0.6) is 0 Å². The Balaban J connectivity index is 3.29. The van der Waals surface area contributed by atoms with Crippen LogP contribution in [0.3, 0.4) is 0 Å². The molecular formula is C11H24O4. The first-order valence-corrected chi connectivity index (χ1v) is 5.73. The van der Waals surface area contributed by atoms with E-state index in [4.69, 9.17) is 18.9 Å². The molecule has 0 amide bonds. The Bertz CT molecular complexity index is 107. The smallest absolute Gasteiger partial charge is 0.157 e. The third-order valence-electron chi connectivity index (χ3n) is 1.80. The second-order valence-electron chi connectivity index (χ2n) is 2.97. The minimum absolute atomic E-state index is 0.133. The normalized spacial score (nSPS) is 11.2. The first-order valence-electron chi connectivity index (χ1n) is 5.73. The summed E-state index contributed by atoms with van der Waals surface area (Å²) in [5, 5.41) is 0. The van der Waals surface area contributed by atoms with E-state index in [1.807, 2.05) is 20.8 Å². The van der Waals surface area contributed by atoms with Gasteiger partial charge in [-0.25, -0.2) is 0 Å². The lowest BCUT2D eigenvalue weighted by atomic mass is 10.5. The van der Waals surface area contributed by atoms with Gasteiger partial charge in [0.1, 0.15) is 0 Å². The fourth-order valence-corrected chi connectivity index (χ4v) is 1.05. The summed E-state index contributed by atoms with van der Waals surface area (Å²) in [5.74, 6) is 0. The standard InChI is InChI=1S/C11H24O4/c1-4-11(14-9-7-12-5-2)15-10-8-13-6-3/h11H,4-10H2,1-3H3. The van der Waals surface area contributed by atoms with Crippen molar-refractivity contribution in [1.82, 2.24) is 0 Å². The maximum atomic E-state index is 5.47. The molecule has 4 heteroatoms. The zero-order chi connectivity index (χ0) is 11.4. The van der Waals surface area contributed by atoms with Crippen LogP contribution in [-0.4, -0.2) is 45.9 Å². The summed E-state index contributed by atoms with van der Waals surface area (Å²) in [6.07, 6.45) is 0.712. The van der Waals surface area contributed by atoms with Crippen molar-refractivity contribution in [1.29, 1.82) is 0 Å². The molecule has 0 aromatic rings. The van der Waals surface area contributed by atoms with Crippen LogP contribution in [0.4, 0.5) is 0 Å². The van der Waals surface area contributed by atoms with Gasteiger partial charge in [0.2, 0.25) is 0 Å². The second-order valence-corrected chi connectivity index (χ2v) is 2.97. The lowest BCUT2D eigenvalue weighted by Crippen LogP contribution is -2.21. The fourth-order valence-electron chi connectivity index (χ4n) is 1.05. The van der Waals surface area contributed by atoms with E-state index >= 15 is 0 Å². The van der Waals surface area contributed by atoms with E-state index < -0.39 is 0 Å². The van der Waals surface area contributed by atoms with Crippen molar-refractivity contribution < 1.29 is 18.9 Å². The van der Waals surface area contributed by atoms with Gasteiger partial charge < -0.3 is 18.9 Å². The average Bonchev–Trinajstić information content (AvgIpc) is 2.27. The molecule has 0 bridgehead atoms. The quantitative estimate of drug-likeness (QED) is 0.393. The average molecular weight is 220 g/mol. The van der Waals surface area contributed by atoms with Crippen molar-refractivity contribution in [2.45, 2.75) is 33.5 Å². The molecule has 0 unspecified atom stereocenters. The zero-order valence-electron chi connectivity index (χ0n) is 10.2. The molecule has 0 heterocycles. The molecule has 0 aromatic heterocycles. The first kappa shape index (κ1) is 14.8. The van der Waals surface area contributed by atoms with E-state index in [0.717, 1.165) is 19.6 Å². The largest absolute Gasteiger partial charge is 0.379 e. The van der Waals surface area contributed by atoms with Gasteiger partial charge in [-0.05, 0) is 20.3 Å². The van der Waals surface area contributed by atoms with Gasteiger partial charge in [0.05, 0.1) is 26.4 Å². The molecule has 0 spiro atoms. The van der Waals surface area contributed by atoms with E-state index in [1.54, 1.807) is 0 Å². The number of ether oxygens (including phenoxy) is 4. The Morgan fingerprint density at radius 1 is 0.733 bits per heavy atom. The monoisotopic (exact) mass is 220 g/mol. The first-order chi connectivity index (χ1) is 7.35. The fraction of sp³-hybridized carbons (Fsp3) is 1.00. The van der Waals surface area contributed by atoms with Crippen molar-refractivity contribution >= 4 is 0 Å². The SMILES string of the molecule is CCOCCOC(CC)OCCOCC. The van der Waals surface area contributed by atoms with Gasteiger partial charge in [0.15, 0.2) is 6.29 Å². The van der Waals surface area contributed by atoms with Crippen LogP contribution in [-0.2, 0) is 18.9 Å². The molecular weight excluding hydrogens is 196 g/mol. The molecule has 0 aliphatic rings. The van der Waals surface area contributed by atoms with Crippen LogP contribution in [0.2, 0.25) is 0 Å². The highest BCUT2D eigenvalue weighted by Crippen LogP contribution is 2.00. The molecule has 4 nitrogen and oxygen atoms in total. The van der Waals surface area contributed by atoms with E-state index in [9.17, 15) is 0 Å². The molecule has 0 aliphatic carbocycles. The predicted molar refractivity (Wildman–Crippen MR) is 59.0 cm³/mol. The highest BCUT2D eigenvalue weighted by Gasteiger charge is 2.05. The third-order valence-corrected chi connectivity index (χ3v) is 1.80. The number of hydrogen-bond donors (Lipinski definition) is 0. The Morgan fingerprint density at radius 2 is 1.20 bits per heavy atom. The van der Waals surface area contributed by atoms with Crippen LogP contribution in [0.1, 0.15) is 27.2 Å². The molecule has 0 saturated carbocycles. The van der Waals surface area contributed by atoms with Gasteiger partial charge in [0.25, 0.3) is 0 Å². The van der Waals surface area contributed by atoms with Gasteiger partial charge >= 0.3 is 0 Å². The lowest BCUT2D eigenvalue weighted by Gasteiger charge is -2.16. The second kappa shape index (κ2) is 11.9. The minimum atomic E-state index is -0.133. The molecule has 92 valence electrons. The molecule has 0 atom stereocenters. The van der Waals surface area contributed by atoms with Gasteiger partial charge in [-0.15, -0.1) is 0 Å². The highest BCUT2D eigenvalue weighted by molar-refractivity contribution is 4.41. The van der Waals surface area contributed by atoms with E-state index in [-0.39, 0.29) is 6.29 Å². The Kier molecular flexibility index (Phi) is 11.8. The van der Waals surface area contributed by atoms with Crippen molar-refractivity contribution in [3.8, 4) is 0 Å². The lowest BCUT2D eigenvalue weighted by molar-refractivity contribution is -0.158. The van der Waals surface area contributed by atoms with E-state index in [1.165, 1.54) is 0 Å². The van der Waals surface area contributed by atoms with E-state index in [2.05, 4.69) is 0 Å².